The Bertz CT molecular complexity index is 802. The average Bonchev–Trinajstić information content (AvgIpc) is 2.97. The molecule has 1 aromatic heterocycles. The van der Waals surface area contributed by atoms with Gasteiger partial charge in [-0.15, -0.1) is 10.2 Å². The molecule has 0 unspecified atom stereocenters. The monoisotopic (exact) mass is 300 g/mol. The fourth-order valence-electron chi connectivity index (χ4n) is 2.04. The van der Waals surface area contributed by atoms with E-state index in [0.29, 0.717) is 16.4 Å². The summed E-state index contributed by atoms with van der Waals surface area (Å²) in [6.07, 6.45) is 1.52. The van der Waals surface area contributed by atoms with Crippen molar-refractivity contribution in [3.05, 3.63) is 70.0 Å². The van der Waals surface area contributed by atoms with Gasteiger partial charge in [0.05, 0.1) is 10.5 Å². The molecule has 0 aliphatic rings. The third-order valence-electron chi connectivity index (χ3n) is 2.98. The SMILES string of the molecule is O=[N+]([O-])c1cc(Cl)ccc1-c1nncn1-c1ccccc1. The van der Waals surface area contributed by atoms with Gasteiger partial charge >= 0.3 is 0 Å². The van der Waals surface area contributed by atoms with Gasteiger partial charge in [-0.3, -0.25) is 14.7 Å². The van der Waals surface area contributed by atoms with Crippen molar-refractivity contribution in [3.8, 4) is 17.1 Å². The smallest absolute Gasteiger partial charge is 0.281 e. The van der Waals surface area contributed by atoms with E-state index in [1.54, 1.807) is 16.7 Å². The molecule has 0 aliphatic carbocycles. The number of nitro benzene ring substituents is 1. The van der Waals surface area contributed by atoms with Gasteiger partial charge in [0.15, 0.2) is 5.82 Å². The average molecular weight is 301 g/mol. The Balaban J connectivity index is 2.20. The van der Waals surface area contributed by atoms with E-state index in [2.05, 4.69) is 10.2 Å². The minimum atomic E-state index is -0.481. The van der Waals surface area contributed by atoms with Crippen LogP contribution in [0.25, 0.3) is 17.1 Å². The van der Waals surface area contributed by atoms with Gasteiger partial charge < -0.3 is 0 Å². The maximum atomic E-state index is 11.2. The largest absolute Gasteiger partial charge is 0.281 e. The highest BCUT2D eigenvalue weighted by atomic mass is 35.5. The fraction of sp³-hybridized carbons (Fsp3) is 0. The van der Waals surface area contributed by atoms with Crippen molar-refractivity contribution in [2.75, 3.05) is 0 Å². The van der Waals surface area contributed by atoms with Crippen molar-refractivity contribution >= 4 is 17.3 Å². The van der Waals surface area contributed by atoms with Gasteiger partial charge in [0.2, 0.25) is 0 Å². The number of hydrogen-bond acceptors (Lipinski definition) is 4. The third kappa shape index (κ3) is 2.48. The number of halogens is 1. The molecule has 0 aliphatic heterocycles. The van der Waals surface area contributed by atoms with E-state index in [-0.39, 0.29) is 5.69 Å². The summed E-state index contributed by atoms with van der Waals surface area (Å²) in [5.74, 6) is 0.393. The summed E-state index contributed by atoms with van der Waals surface area (Å²) >= 11 is 5.83. The van der Waals surface area contributed by atoms with E-state index in [1.165, 1.54) is 12.4 Å². The topological polar surface area (TPSA) is 73.8 Å². The van der Waals surface area contributed by atoms with Crippen molar-refractivity contribution in [1.29, 1.82) is 0 Å². The van der Waals surface area contributed by atoms with Gasteiger partial charge in [0, 0.05) is 16.8 Å². The van der Waals surface area contributed by atoms with Crippen molar-refractivity contribution in [3.63, 3.8) is 0 Å². The Morgan fingerprint density at radius 3 is 2.62 bits per heavy atom. The van der Waals surface area contributed by atoms with E-state index < -0.39 is 4.92 Å². The molecule has 0 bridgehead atoms. The second-order valence-electron chi connectivity index (χ2n) is 4.28. The van der Waals surface area contributed by atoms with Crippen molar-refractivity contribution < 1.29 is 4.92 Å². The molecule has 0 saturated heterocycles. The van der Waals surface area contributed by atoms with Crippen LogP contribution in [0.15, 0.2) is 54.9 Å². The molecule has 21 heavy (non-hydrogen) atoms. The highest BCUT2D eigenvalue weighted by molar-refractivity contribution is 6.30. The van der Waals surface area contributed by atoms with E-state index >= 15 is 0 Å². The standard InChI is InChI=1S/C14H9ClN4O2/c15-10-6-7-12(13(8-10)19(20)21)14-17-16-9-18(14)11-4-2-1-3-5-11/h1-9H. The van der Waals surface area contributed by atoms with Gasteiger partial charge in [-0.05, 0) is 24.3 Å². The predicted molar refractivity (Wildman–Crippen MR) is 78.5 cm³/mol. The van der Waals surface area contributed by atoms with E-state index in [1.807, 2.05) is 30.3 Å². The summed E-state index contributed by atoms with van der Waals surface area (Å²) in [6, 6.07) is 13.8. The van der Waals surface area contributed by atoms with Gasteiger partial charge in [-0.25, -0.2) is 0 Å². The molecule has 0 N–H and O–H groups in total. The minimum Gasteiger partial charge on any atom is -0.281 e. The molecule has 0 fully saturated rings. The van der Waals surface area contributed by atoms with Crippen LogP contribution >= 0.6 is 11.6 Å². The van der Waals surface area contributed by atoms with Crippen LogP contribution in [0.5, 0.6) is 0 Å². The van der Waals surface area contributed by atoms with Crippen molar-refractivity contribution in [2.45, 2.75) is 0 Å². The van der Waals surface area contributed by atoms with Crippen LogP contribution in [0.3, 0.4) is 0 Å². The van der Waals surface area contributed by atoms with Gasteiger partial charge in [0.1, 0.15) is 6.33 Å². The molecule has 0 amide bonds. The van der Waals surface area contributed by atoms with E-state index in [0.717, 1.165) is 5.69 Å². The third-order valence-corrected chi connectivity index (χ3v) is 3.21. The van der Waals surface area contributed by atoms with Gasteiger partial charge in [0.25, 0.3) is 5.69 Å². The zero-order valence-electron chi connectivity index (χ0n) is 10.7. The molecule has 0 saturated carbocycles. The maximum absolute atomic E-state index is 11.2. The lowest BCUT2D eigenvalue weighted by Crippen LogP contribution is -1.99. The highest BCUT2D eigenvalue weighted by Crippen LogP contribution is 2.31. The summed E-state index contributed by atoms with van der Waals surface area (Å²) in [5, 5.41) is 19.4. The van der Waals surface area contributed by atoms with Crippen LogP contribution in [-0.2, 0) is 0 Å². The Hall–Kier alpha value is -2.73. The van der Waals surface area contributed by atoms with Gasteiger partial charge in [-0.1, -0.05) is 29.8 Å². The first-order valence-electron chi connectivity index (χ1n) is 6.06. The Labute approximate surface area is 124 Å². The molecule has 3 rings (SSSR count). The predicted octanol–water partition coefficient (Wildman–Crippen LogP) is 3.50. The Morgan fingerprint density at radius 2 is 1.90 bits per heavy atom. The van der Waals surface area contributed by atoms with Crippen LogP contribution < -0.4 is 0 Å². The first kappa shape index (κ1) is 13.3. The molecule has 6 nitrogen and oxygen atoms in total. The number of nitro groups is 1. The molecule has 3 aromatic rings. The quantitative estimate of drug-likeness (QED) is 0.548. The zero-order valence-corrected chi connectivity index (χ0v) is 11.4. The minimum absolute atomic E-state index is 0.104. The second kappa shape index (κ2) is 5.34. The number of nitrogens with zero attached hydrogens (tertiary/aromatic N) is 4. The molecule has 0 radical (unpaired) electrons. The summed E-state index contributed by atoms with van der Waals surface area (Å²) in [4.78, 5) is 10.7. The van der Waals surface area contributed by atoms with Crippen LogP contribution in [0, 0.1) is 10.1 Å². The normalized spacial score (nSPS) is 10.5. The van der Waals surface area contributed by atoms with Gasteiger partial charge in [-0.2, -0.15) is 0 Å². The molecule has 0 spiro atoms. The number of aromatic nitrogens is 3. The maximum Gasteiger partial charge on any atom is 0.281 e. The zero-order chi connectivity index (χ0) is 14.8. The molecule has 2 aromatic carbocycles. The van der Waals surface area contributed by atoms with Crippen LogP contribution in [0.1, 0.15) is 0 Å². The lowest BCUT2D eigenvalue weighted by Gasteiger charge is -2.07. The molecule has 104 valence electrons. The van der Waals surface area contributed by atoms with Crippen molar-refractivity contribution in [1.82, 2.24) is 14.8 Å². The molecule has 7 heteroatoms. The highest BCUT2D eigenvalue weighted by Gasteiger charge is 2.20. The summed E-state index contributed by atoms with van der Waals surface area (Å²) in [5.41, 5.74) is 1.08. The van der Waals surface area contributed by atoms with Crippen LogP contribution in [0.2, 0.25) is 5.02 Å². The number of benzene rings is 2. The number of hydrogen-bond donors (Lipinski definition) is 0. The number of para-hydroxylation sites is 1. The molecular formula is C14H9ClN4O2. The fourth-order valence-corrected chi connectivity index (χ4v) is 2.21. The van der Waals surface area contributed by atoms with E-state index in [9.17, 15) is 10.1 Å². The Kier molecular flexibility index (Phi) is 3.37. The first-order valence-corrected chi connectivity index (χ1v) is 6.44. The lowest BCUT2D eigenvalue weighted by atomic mass is 10.1. The lowest BCUT2D eigenvalue weighted by molar-refractivity contribution is -0.384. The van der Waals surface area contributed by atoms with Crippen LogP contribution in [0.4, 0.5) is 5.69 Å². The second-order valence-corrected chi connectivity index (χ2v) is 4.72. The molecule has 0 atom stereocenters. The summed E-state index contributed by atoms with van der Waals surface area (Å²) in [7, 11) is 0. The molecular weight excluding hydrogens is 292 g/mol. The van der Waals surface area contributed by atoms with E-state index in [4.69, 9.17) is 11.6 Å². The van der Waals surface area contributed by atoms with Crippen molar-refractivity contribution in [2.24, 2.45) is 0 Å². The Morgan fingerprint density at radius 1 is 1.14 bits per heavy atom. The molecule has 1 heterocycles. The first-order chi connectivity index (χ1) is 10.2. The van der Waals surface area contributed by atoms with Crippen LogP contribution in [-0.4, -0.2) is 19.7 Å². The summed E-state index contributed by atoms with van der Waals surface area (Å²) < 4.78 is 1.69. The summed E-state index contributed by atoms with van der Waals surface area (Å²) in [6.45, 7) is 0. The number of rotatable bonds is 3.